The van der Waals surface area contributed by atoms with Crippen molar-refractivity contribution < 1.29 is 9.53 Å². The zero-order valence-electron chi connectivity index (χ0n) is 14.1. The van der Waals surface area contributed by atoms with Gasteiger partial charge < -0.3 is 9.64 Å². The van der Waals surface area contributed by atoms with Crippen LogP contribution in [0.3, 0.4) is 0 Å². The quantitative estimate of drug-likeness (QED) is 0.676. The van der Waals surface area contributed by atoms with E-state index < -0.39 is 0 Å². The number of halogens is 1. The first-order chi connectivity index (χ1) is 11.7. The Bertz CT molecular complexity index is 632. The predicted octanol–water partition coefficient (Wildman–Crippen LogP) is 4.10. The van der Waals surface area contributed by atoms with E-state index in [2.05, 4.69) is 4.98 Å². The van der Waals surface area contributed by atoms with Gasteiger partial charge >= 0.3 is 0 Å². The van der Waals surface area contributed by atoms with Crippen LogP contribution in [0, 0.1) is 0 Å². The Balaban J connectivity index is 2.33. The van der Waals surface area contributed by atoms with Gasteiger partial charge in [0.15, 0.2) is 0 Å². The minimum atomic E-state index is -0.219. The molecule has 0 saturated carbocycles. The number of hydrogen-bond donors (Lipinski definition) is 0. The van der Waals surface area contributed by atoms with E-state index in [1.54, 1.807) is 13.3 Å². The number of amides is 1. The molecule has 128 valence electrons. The SMILES string of the molecule is CCN(C(=O)CCCOC)[C@H](c1ccc(Cl)cc1)c1ccccn1. The van der Waals surface area contributed by atoms with Crippen LogP contribution in [0.2, 0.25) is 5.02 Å². The second kappa shape index (κ2) is 9.40. The number of nitrogens with zero attached hydrogens (tertiary/aromatic N) is 2. The molecule has 0 saturated heterocycles. The van der Waals surface area contributed by atoms with Crippen molar-refractivity contribution in [3.63, 3.8) is 0 Å². The number of hydrogen-bond acceptors (Lipinski definition) is 3. The van der Waals surface area contributed by atoms with Crippen molar-refractivity contribution in [2.75, 3.05) is 20.3 Å². The summed E-state index contributed by atoms with van der Waals surface area (Å²) in [6, 6.07) is 13.1. The molecule has 0 unspecified atom stereocenters. The Morgan fingerprint density at radius 1 is 1.25 bits per heavy atom. The van der Waals surface area contributed by atoms with E-state index in [9.17, 15) is 4.79 Å². The van der Waals surface area contributed by atoms with Gasteiger partial charge in [-0.1, -0.05) is 29.8 Å². The predicted molar refractivity (Wildman–Crippen MR) is 96.0 cm³/mol. The van der Waals surface area contributed by atoms with Crippen molar-refractivity contribution in [1.82, 2.24) is 9.88 Å². The highest BCUT2D eigenvalue weighted by Gasteiger charge is 2.26. The van der Waals surface area contributed by atoms with Gasteiger partial charge in [-0.05, 0) is 43.2 Å². The average molecular weight is 347 g/mol. The maximum absolute atomic E-state index is 12.7. The molecule has 0 aliphatic carbocycles. The molecule has 1 atom stereocenters. The van der Waals surface area contributed by atoms with Gasteiger partial charge in [-0.2, -0.15) is 0 Å². The molecular weight excluding hydrogens is 324 g/mol. The molecule has 0 spiro atoms. The van der Waals surface area contributed by atoms with Crippen molar-refractivity contribution in [2.45, 2.75) is 25.8 Å². The van der Waals surface area contributed by atoms with Gasteiger partial charge in [-0.25, -0.2) is 0 Å². The number of carbonyl (C=O) groups excluding carboxylic acids is 1. The number of aromatic nitrogens is 1. The van der Waals surface area contributed by atoms with Gasteiger partial charge in [0.05, 0.1) is 11.7 Å². The number of ether oxygens (including phenoxy) is 1. The highest BCUT2D eigenvalue weighted by molar-refractivity contribution is 6.30. The third kappa shape index (κ3) is 4.79. The molecule has 0 radical (unpaired) electrons. The molecule has 0 N–H and O–H groups in total. The second-order valence-corrected chi connectivity index (χ2v) is 5.92. The fourth-order valence-corrected chi connectivity index (χ4v) is 2.83. The van der Waals surface area contributed by atoms with Crippen LogP contribution in [0.5, 0.6) is 0 Å². The Morgan fingerprint density at radius 3 is 2.58 bits per heavy atom. The third-order valence-electron chi connectivity index (χ3n) is 3.87. The van der Waals surface area contributed by atoms with Crippen LogP contribution in [-0.4, -0.2) is 36.1 Å². The summed E-state index contributed by atoms with van der Waals surface area (Å²) >= 11 is 6.01. The van der Waals surface area contributed by atoms with E-state index in [0.717, 1.165) is 11.3 Å². The summed E-state index contributed by atoms with van der Waals surface area (Å²) in [6.45, 7) is 3.17. The molecule has 0 bridgehead atoms. The highest BCUT2D eigenvalue weighted by Crippen LogP contribution is 2.29. The number of rotatable bonds is 8. The van der Waals surface area contributed by atoms with E-state index in [1.165, 1.54) is 0 Å². The molecule has 1 aromatic heterocycles. The minimum absolute atomic E-state index is 0.0974. The maximum Gasteiger partial charge on any atom is 0.223 e. The molecule has 0 aliphatic rings. The molecular formula is C19H23ClN2O2. The van der Waals surface area contributed by atoms with Crippen LogP contribution in [-0.2, 0) is 9.53 Å². The first kappa shape index (κ1) is 18.4. The fraction of sp³-hybridized carbons (Fsp3) is 0.368. The van der Waals surface area contributed by atoms with Gasteiger partial charge in [0.25, 0.3) is 0 Å². The van der Waals surface area contributed by atoms with E-state index in [0.29, 0.717) is 31.0 Å². The topological polar surface area (TPSA) is 42.4 Å². The maximum atomic E-state index is 12.7. The van der Waals surface area contributed by atoms with Crippen molar-refractivity contribution >= 4 is 17.5 Å². The van der Waals surface area contributed by atoms with E-state index in [-0.39, 0.29) is 11.9 Å². The van der Waals surface area contributed by atoms with Gasteiger partial charge in [-0.15, -0.1) is 0 Å². The summed E-state index contributed by atoms with van der Waals surface area (Å²) in [5.41, 5.74) is 1.85. The normalized spacial score (nSPS) is 12.0. The lowest BCUT2D eigenvalue weighted by Crippen LogP contribution is -2.35. The van der Waals surface area contributed by atoms with E-state index in [1.807, 2.05) is 54.3 Å². The first-order valence-electron chi connectivity index (χ1n) is 8.12. The lowest BCUT2D eigenvalue weighted by Gasteiger charge is -2.31. The Hall–Kier alpha value is -1.91. The van der Waals surface area contributed by atoms with Gasteiger partial charge in [0.2, 0.25) is 5.91 Å². The minimum Gasteiger partial charge on any atom is -0.385 e. The number of methoxy groups -OCH3 is 1. The number of benzene rings is 1. The molecule has 1 heterocycles. The van der Waals surface area contributed by atoms with Crippen LogP contribution in [0.15, 0.2) is 48.7 Å². The van der Waals surface area contributed by atoms with Crippen LogP contribution in [0.1, 0.15) is 37.1 Å². The second-order valence-electron chi connectivity index (χ2n) is 5.48. The summed E-state index contributed by atoms with van der Waals surface area (Å²) in [5, 5.41) is 0.674. The van der Waals surface area contributed by atoms with Gasteiger partial charge in [0.1, 0.15) is 0 Å². The summed E-state index contributed by atoms with van der Waals surface area (Å²) in [4.78, 5) is 19.1. The molecule has 1 aromatic carbocycles. The van der Waals surface area contributed by atoms with Crippen molar-refractivity contribution in [3.8, 4) is 0 Å². The van der Waals surface area contributed by atoms with Crippen LogP contribution < -0.4 is 0 Å². The van der Waals surface area contributed by atoms with Crippen LogP contribution >= 0.6 is 11.6 Å². The molecule has 1 amide bonds. The monoisotopic (exact) mass is 346 g/mol. The van der Waals surface area contributed by atoms with E-state index in [4.69, 9.17) is 16.3 Å². The zero-order chi connectivity index (χ0) is 17.4. The molecule has 2 rings (SSSR count). The summed E-state index contributed by atoms with van der Waals surface area (Å²) in [5.74, 6) is 0.0974. The molecule has 4 nitrogen and oxygen atoms in total. The number of pyridine rings is 1. The largest absolute Gasteiger partial charge is 0.385 e. The zero-order valence-corrected chi connectivity index (χ0v) is 14.9. The Labute approximate surface area is 148 Å². The first-order valence-corrected chi connectivity index (χ1v) is 8.50. The van der Waals surface area contributed by atoms with Crippen molar-refractivity contribution in [3.05, 3.63) is 64.9 Å². The third-order valence-corrected chi connectivity index (χ3v) is 4.12. The van der Waals surface area contributed by atoms with Crippen molar-refractivity contribution in [2.24, 2.45) is 0 Å². The molecule has 0 fully saturated rings. The average Bonchev–Trinajstić information content (AvgIpc) is 2.61. The van der Waals surface area contributed by atoms with Gasteiger partial charge in [0, 0.05) is 37.9 Å². The number of carbonyl (C=O) groups is 1. The fourth-order valence-electron chi connectivity index (χ4n) is 2.71. The van der Waals surface area contributed by atoms with Crippen LogP contribution in [0.4, 0.5) is 0 Å². The lowest BCUT2D eigenvalue weighted by atomic mass is 10.0. The Morgan fingerprint density at radius 2 is 2.00 bits per heavy atom. The van der Waals surface area contributed by atoms with Gasteiger partial charge in [-0.3, -0.25) is 9.78 Å². The molecule has 5 heteroatoms. The van der Waals surface area contributed by atoms with Crippen molar-refractivity contribution in [1.29, 1.82) is 0 Å². The summed E-state index contributed by atoms with van der Waals surface area (Å²) < 4.78 is 5.05. The summed E-state index contributed by atoms with van der Waals surface area (Å²) in [6.07, 6.45) is 2.92. The molecule has 0 aliphatic heterocycles. The van der Waals surface area contributed by atoms with Crippen LogP contribution in [0.25, 0.3) is 0 Å². The highest BCUT2D eigenvalue weighted by atomic mass is 35.5. The lowest BCUT2D eigenvalue weighted by molar-refractivity contribution is -0.133. The Kier molecular flexibility index (Phi) is 7.22. The standard InChI is InChI=1S/C19H23ClN2O2/c1-3-22(18(23)8-6-14-24-2)19(17-7-4-5-13-21-17)15-9-11-16(20)12-10-15/h4-5,7,9-13,19H,3,6,8,14H2,1-2H3/t19-/m1/s1. The smallest absolute Gasteiger partial charge is 0.223 e. The molecule has 24 heavy (non-hydrogen) atoms. The summed E-state index contributed by atoms with van der Waals surface area (Å²) in [7, 11) is 1.65. The van der Waals surface area contributed by atoms with E-state index >= 15 is 0 Å². The molecule has 2 aromatic rings.